The molecule has 19 heavy (non-hydrogen) atoms. The number of carbonyl (C=O) groups excluding carboxylic acids is 1. The molecule has 1 heterocycles. The van der Waals surface area contributed by atoms with Crippen molar-refractivity contribution in [2.24, 2.45) is 0 Å². The predicted molar refractivity (Wildman–Crippen MR) is 75.3 cm³/mol. The molecule has 1 amide bonds. The van der Waals surface area contributed by atoms with Crippen molar-refractivity contribution in [2.45, 2.75) is 58.1 Å². The minimum Gasteiger partial charge on any atom is -0.444 e. The van der Waals surface area contributed by atoms with E-state index in [1.807, 2.05) is 20.8 Å². The Morgan fingerprint density at radius 2 is 2.05 bits per heavy atom. The lowest BCUT2D eigenvalue weighted by Crippen LogP contribution is -2.35. The molecule has 0 aliphatic carbocycles. The van der Waals surface area contributed by atoms with Crippen molar-refractivity contribution in [1.82, 2.24) is 10.6 Å². The summed E-state index contributed by atoms with van der Waals surface area (Å²) in [5.74, 6) is 0. The first-order chi connectivity index (χ1) is 8.97. The van der Waals surface area contributed by atoms with Crippen molar-refractivity contribution in [3.8, 4) is 0 Å². The van der Waals surface area contributed by atoms with Crippen molar-refractivity contribution < 1.29 is 14.3 Å². The quantitative estimate of drug-likeness (QED) is 0.752. The van der Waals surface area contributed by atoms with E-state index in [9.17, 15) is 4.79 Å². The van der Waals surface area contributed by atoms with Crippen LogP contribution in [0.3, 0.4) is 0 Å². The van der Waals surface area contributed by atoms with E-state index in [1.165, 1.54) is 6.42 Å². The zero-order chi connectivity index (χ0) is 14.1. The van der Waals surface area contributed by atoms with Gasteiger partial charge in [0.25, 0.3) is 0 Å². The summed E-state index contributed by atoms with van der Waals surface area (Å²) in [6.45, 7) is 8.89. The first kappa shape index (κ1) is 16.2. The second-order valence-corrected chi connectivity index (χ2v) is 5.98. The number of hydrogen-bond donors (Lipinski definition) is 2. The average Bonchev–Trinajstić information content (AvgIpc) is 2.54. The van der Waals surface area contributed by atoms with E-state index in [0.29, 0.717) is 12.6 Å². The highest BCUT2D eigenvalue weighted by Gasteiger charge is 2.15. The van der Waals surface area contributed by atoms with Gasteiger partial charge in [0.1, 0.15) is 5.60 Å². The third kappa shape index (κ3) is 8.83. The molecule has 1 aliphatic heterocycles. The summed E-state index contributed by atoms with van der Waals surface area (Å²) in [5, 5.41) is 6.27. The molecule has 5 heteroatoms. The molecule has 1 atom stereocenters. The van der Waals surface area contributed by atoms with Crippen LogP contribution in [-0.2, 0) is 9.47 Å². The van der Waals surface area contributed by atoms with E-state index >= 15 is 0 Å². The minimum atomic E-state index is -0.428. The molecule has 0 aromatic heterocycles. The smallest absolute Gasteiger partial charge is 0.407 e. The van der Waals surface area contributed by atoms with Crippen molar-refractivity contribution >= 4 is 6.09 Å². The monoisotopic (exact) mass is 272 g/mol. The highest BCUT2D eigenvalue weighted by atomic mass is 16.6. The summed E-state index contributed by atoms with van der Waals surface area (Å²) >= 11 is 0. The average molecular weight is 272 g/mol. The molecule has 0 radical (unpaired) electrons. The van der Waals surface area contributed by atoms with Crippen LogP contribution in [0.4, 0.5) is 4.79 Å². The van der Waals surface area contributed by atoms with Crippen LogP contribution in [0.2, 0.25) is 0 Å². The highest BCUT2D eigenvalue weighted by Crippen LogP contribution is 2.08. The molecule has 0 spiro atoms. The Morgan fingerprint density at radius 1 is 1.26 bits per heavy atom. The molecule has 0 bridgehead atoms. The lowest BCUT2D eigenvalue weighted by molar-refractivity contribution is 0.0527. The SMILES string of the molecule is CC(C)(C)OC(=O)NCCCNC1CCCOCC1. The van der Waals surface area contributed by atoms with Gasteiger partial charge in [-0.1, -0.05) is 0 Å². The molecule has 2 N–H and O–H groups in total. The second-order valence-electron chi connectivity index (χ2n) is 5.98. The summed E-state index contributed by atoms with van der Waals surface area (Å²) in [6.07, 6.45) is 3.97. The summed E-state index contributed by atoms with van der Waals surface area (Å²) in [5.41, 5.74) is -0.428. The van der Waals surface area contributed by atoms with Crippen LogP contribution in [0.1, 0.15) is 46.5 Å². The van der Waals surface area contributed by atoms with Crippen LogP contribution in [0, 0.1) is 0 Å². The zero-order valence-corrected chi connectivity index (χ0v) is 12.5. The maximum Gasteiger partial charge on any atom is 0.407 e. The zero-order valence-electron chi connectivity index (χ0n) is 12.5. The second kappa shape index (κ2) is 8.38. The van der Waals surface area contributed by atoms with Gasteiger partial charge in [-0.25, -0.2) is 4.79 Å². The van der Waals surface area contributed by atoms with Crippen LogP contribution in [0.15, 0.2) is 0 Å². The number of ether oxygens (including phenoxy) is 2. The molecule has 112 valence electrons. The highest BCUT2D eigenvalue weighted by molar-refractivity contribution is 5.67. The lowest BCUT2D eigenvalue weighted by Gasteiger charge is -2.20. The molecule has 0 aromatic rings. The molecular weight excluding hydrogens is 244 g/mol. The van der Waals surface area contributed by atoms with Crippen molar-refractivity contribution in [3.05, 3.63) is 0 Å². The van der Waals surface area contributed by atoms with E-state index in [4.69, 9.17) is 9.47 Å². The fourth-order valence-electron chi connectivity index (χ4n) is 2.01. The summed E-state index contributed by atoms with van der Waals surface area (Å²) in [6, 6.07) is 0.559. The van der Waals surface area contributed by atoms with E-state index in [1.54, 1.807) is 0 Å². The van der Waals surface area contributed by atoms with E-state index in [-0.39, 0.29) is 6.09 Å². The fourth-order valence-corrected chi connectivity index (χ4v) is 2.01. The van der Waals surface area contributed by atoms with Crippen LogP contribution < -0.4 is 10.6 Å². The largest absolute Gasteiger partial charge is 0.444 e. The van der Waals surface area contributed by atoms with Crippen LogP contribution in [-0.4, -0.2) is 44.0 Å². The van der Waals surface area contributed by atoms with Gasteiger partial charge in [-0.2, -0.15) is 0 Å². The van der Waals surface area contributed by atoms with Gasteiger partial charge >= 0.3 is 6.09 Å². The van der Waals surface area contributed by atoms with Crippen molar-refractivity contribution in [1.29, 1.82) is 0 Å². The Kier molecular flexibility index (Phi) is 7.16. The predicted octanol–water partition coefficient (Wildman–Crippen LogP) is 2.06. The Hall–Kier alpha value is -0.810. The Bertz CT molecular complexity index is 256. The number of rotatable bonds is 5. The molecule has 1 saturated heterocycles. The fraction of sp³-hybridized carbons (Fsp3) is 0.929. The van der Waals surface area contributed by atoms with E-state index < -0.39 is 5.60 Å². The summed E-state index contributed by atoms with van der Waals surface area (Å²) in [7, 11) is 0. The van der Waals surface area contributed by atoms with E-state index in [0.717, 1.165) is 39.0 Å². The number of carbonyl (C=O) groups is 1. The van der Waals surface area contributed by atoms with Gasteiger partial charge in [0, 0.05) is 25.8 Å². The van der Waals surface area contributed by atoms with Gasteiger partial charge in [-0.3, -0.25) is 0 Å². The van der Waals surface area contributed by atoms with Crippen LogP contribution >= 0.6 is 0 Å². The van der Waals surface area contributed by atoms with Gasteiger partial charge in [-0.15, -0.1) is 0 Å². The topological polar surface area (TPSA) is 59.6 Å². The molecule has 0 aromatic carbocycles. The van der Waals surface area contributed by atoms with Crippen molar-refractivity contribution in [2.75, 3.05) is 26.3 Å². The van der Waals surface area contributed by atoms with Crippen LogP contribution in [0.5, 0.6) is 0 Å². The molecule has 1 unspecified atom stereocenters. The van der Waals surface area contributed by atoms with Gasteiger partial charge in [0.05, 0.1) is 0 Å². The summed E-state index contributed by atoms with van der Waals surface area (Å²) < 4.78 is 10.6. The van der Waals surface area contributed by atoms with Gasteiger partial charge in [0.15, 0.2) is 0 Å². The van der Waals surface area contributed by atoms with Gasteiger partial charge in [0.2, 0.25) is 0 Å². The lowest BCUT2D eigenvalue weighted by atomic mass is 10.1. The molecule has 0 saturated carbocycles. The standard InChI is InChI=1S/C14H28N2O3/c1-14(2,3)19-13(17)16-9-5-8-15-12-6-4-10-18-11-7-12/h12,15H,4-11H2,1-3H3,(H,16,17). The maximum atomic E-state index is 11.4. The summed E-state index contributed by atoms with van der Waals surface area (Å²) in [4.78, 5) is 11.4. The van der Waals surface area contributed by atoms with Gasteiger partial charge in [-0.05, 0) is 53.0 Å². The molecule has 1 aliphatic rings. The number of amides is 1. The Labute approximate surface area is 116 Å². The molecular formula is C14H28N2O3. The maximum absolute atomic E-state index is 11.4. The third-order valence-corrected chi connectivity index (χ3v) is 2.91. The van der Waals surface area contributed by atoms with E-state index in [2.05, 4.69) is 10.6 Å². The minimum absolute atomic E-state index is 0.338. The Morgan fingerprint density at radius 3 is 2.79 bits per heavy atom. The normalized spacial score (nSPS) is 20.7. The van der Waals surface area contributed by atoms with Crippen LogP contribution in [0.25, 0.3) is 0 Å². The number of hydrogen-bond acceptors (Lipinski definition) is 4. The number of nitrogens with one attached hydrogen (secondary N) is 2. The third-order valence-electron chi connectivity index (χ3n) is 2.91. The first-order valence-corrected chi connectivity index (χ1v) is 7.25. The van der Waals surface area contributed by atoms with Crippen molar-refractivity contribution in [3.63, 3.8) is 0 Å². The molecule has 1 fully saturated rings. The first-order valence-electron chi connectivity index (χ1n) is 7.25. The number of alkyl carbamates (subject to hydrolysis) is 1. The molecule has 5 nitrogen and oxygen atoms in total. The van der Waals surface area contributed by atoms with Gasteiger partial charge < -0.3 is 20.1 Å². The molecule has 1 rings (SSSR count). The Balaban J connectivity index is 2.00.